The Kier molecular flexibility index (Phi) is 6.75. The van der Waals surface area contributed by atoms with Crippen molar-refractivity contribution in [1.82, 2.24) is 0 Å². The van der Waals surface area contributed by atoms with Crippen LogP contribution in [0.2, 0.25) is 0 Å². The first-order valence-electron chi connectivity index (χ1n) is 8.58. The number of esters is 1. The van der Waals surface area contributed by atoms with E-state index in [-0.39, 0.29) is 12.1 Å². The number of ether oxygens (including phenoxy) is 2. The highest BCUT2D eigenvalue weighted by Crippen LogP contribution is 2.35. The molecule has 0 spiro atoms. The summed E-state index contributed by atoms with van der Waals surface area (Å²) in [6.07, 6.45) is 8.20. The molecule has 1 saturated carbocycles. The van der Waals surface area contributed by atoms with Crippen LogP contribution in [-0.4, -0.2) is 19.2 Å². The van der Waals surface area contributed by atoms with E-state index in [4.69, 9.17) is 9.47 Å². The molecule has 2 rings (SSSR count). The van der Waals surface area contributed by atoms with Crippen LogP contribution in [0.5, 0.6) is 5.75 Å². The molecule has 2 atom stereocenters. The predicted molar refractivity (Wildman–Crippen MR) is 88.2 cm³/mol. The van der Waals surface area contributed by atoms with E-state index in [0.717, 1.165) is 44.3 Å². The van der Waals surface area contributed by atoms with Gasteiger partial charge in [0.15, 0.2) is 0 Å². The molecule has 0 bridgehead atoms. The van der Waals surface area contributed by atoms with Crippen molar-refractivity contribution >= 4 is 5.97 Å². The molecule has 1 aromatic rings. The molecule has 3 heteroatoms. The summed E-state index contributed by atoms with van der Waals surface area (Å²) in [7, 11) is 1.68. The second kappa shape index (κ2) is 8.82. The zero-order chi connectivity index (χ0) is 15.8. The minimum Gasteiger partial charge on any atom is -0.497 e. The third kappa shape index (κ3) is 4.75. The molecule has 3 nitrogen and oxygen atoms in total. The smallest absolute Gasteiger partial charge is 0.306 e. The van der Waals surface area contributed by atoms with Gasteiger partial charge in [0.05, 0.1) is 7.11 Å². The number of methoxy groups -OCH3 is 1. The molecule has 1 aliphatic carbocycles. The van der Waals surface area contributed by atoms with Crippen LogP contribution in [0.3, 0.4) is 0 Å². The molecule has 0 amide bonds. The van der Waals surface area contributed by atoms with Gasteiger partial charge in [0.25, 0.3) is 0 Å². The fourth-order valence-electron chi connectivity index (χ4n) is 3.22. The summed E-state index contributed by atoms with van der Waals surface area (Å²) in [5.41, 5.74) is 1.26. The molecular formula is C19H28O3. The molecule has 0 aromatic heterocycles. The van der Waals surface area contributed by atoms with Gasteiger partial charge in [-0.2, -0.15) is 0 Å². The number of rotatable bonds is 7. The topological polar surface area (TPSA) is 35.5 Å². The van der Waals surface area contributed by atoms with Crippen molar-refractivity contribution < 1.29 is 14.3 Å². The third-order valence-corrected chi connectivity index (χ3v) is 4.51. The molecule has 0 heterocycles. The van der Waals surface area contributed by atoms with Gasteiger partial charge < -0.3 is 9.47 Å². The minimum atomic E-state index is -0.0288. The van der Waals surface area contributed by atoms with Gasteiger partial charge in [-0.3, -0.25) is 4.79 Å². The zero-order valence-corrected chi connectivity index (χ0v) is 13.8. The molecule has 0 unspecified atom stereocenters. The van der Waals surface area contributed by atoms with Gasteiger partial charge in [0.1, 0.15) is 11.9 Å². The highest BCUT2D eigenvalue weighted by molar-refractivity contribution is 5.69. The Morgan fingerprint density at radius 2 is 1.86 bits per heavy atom. The fourth-order valence-corrected chi connectivity index (χ4v) is 3.22. The Balaban J connectivity index is 1.96. The first kappa shape index (κ1) is 16.9. The van der Waals surface area contributed by atoms with Crippen molar-refractivity contribution in [3.63, 3.8) is 0 Å². The lowest BCUT2D eigenvalue weighted by Crippen LogP contribution is -2.28. The lowest BCUT2D eigenvalue weighted by atomic mass is 9.81. The van der Waals surface area contributed by atoms with Crippen LogP contribution in [0.1, 0.15) is 69.8 Å². The molecule has 0 saturated heterocycles. The highest BCUT2D eigenvalue weighted by atomic mass is 16.5. The van der Waals surface area contributed by atoms with E-state index in [2.05, 4.69) is 19.1 Å². The summed E-state index contributed by atoms with van der Waals surface area (Å²) in [6, 6.07) is 8.19. The van der Waals surface area contributed by atoms with E-state index in [1.807, 2.05) is 12.1 Å². The lowest BCUT2D eigenvalue weighted by Gasteiger charge is -2.31. The molecular weight excluding hydrogens is 276 g/mol. The summed E-state index contributed by atoms with van der Waals surface area (Å²) in [5, 5.41) is 0. The third-order valence-electron chi connectivity index (χ3n) is 4.51. The average Bonchev–Trinajstić information content (AvgIpc) is 2.56. The summed E-state index contributed by atoms with van der Waals surface area (Å²) >= 11 is 0. The van der Waals surface area contributed by atoms with Gasteiger partial charge in [-0.1, -0.05) is 38.3 Å². The highest BCUT2D eigenvalue weighted by Gasteiger charge is 2.29. The Labute approximate surface area is 134 Å². The predicted octanol–water partition coefficient (Wildman–Crippen LogP) is 4.84. The zero-order valence-electron chi connectivity index (χ0n) is 13.8. The van der Waals surface area contributed by atoms with Crippen LogP contribution in [0.25, 0.3) is 0 Å². The van der Waals surface area contributed by atoms with Gasteiger partial charge in [-0.15, -0.1) is 0 Å². The average molecular weight is 304 g/mol. The maximum Gasteiger partial charge on any atom is 0.306 e. The summed E-state index contributed by atoms with van der Waals surface area (Å²) in [6.45, 7) is 2.15. The molecule has 1 aliphatic rings. The Hall–Kier alpha value is -1.51. The van der Waals surface area contributed by atoms with Crippen LogP contribution >= 0.6 is 0 Å². The first-order chi connectivity index (χ1) is 10.7. The van der Waals surface area contributed by atoms with Gasteiger partial charge >= 0.3 is 5.97 Å². The largest absolute Gasteiger partial charge is 0.497 e. The van der Waals surface area contributed by atoms with E-state index < -0.39 is 0 Å². The van der Waals surface area contributed by atoms with Crippen molar-refractivity contribution in [3.05, 3.63) is 29.8 Å². The fraction of sp³-hybridized carbons (Fsp3) is 0.632. The van der Waals surface area contributed by atoms with E-state index >= 15 is 0 Å². The normalized spacial score (nSPS) is 21.4. The number of benzene rings is 1. The molecule has 22 heavy (non-hydrogen) atoms. The first-order valence-corrected chi connectivity index (χ1v) is 8.58. The van der Waals surface area contributed by atoms with Crippen LogP contribution < -0.4 is 4.74 Å². The molecule has 1 aromatic carbocycles. The van der Waals surface area contributed by atoms with Gasteiger partial charge in [-0.05, 0) is 43.4 Å². The van der Waals surface area contributed by atoms with Gasteiger partial charge in [0, 0.05) is 12.3 Å². The Bertz CT molecular complexity index is 452. The quantitative estimate of drug-likeness (QED) is 0.534. The summed E-state index contributed by atoms with van der Waals surface area (Å²) < 4.78 is 11.0. The van der Waals surface area contributed by atoms with Crippen molar-refractivity contribution in [2.75, 3.05) is 7.11 Å². The van der Waals surface area contributed by atoms with Crippen LogP contribution in [0.15, 0.2) is 24.3 Å². The van der Waals surface area contributed by atoms with Gasteiger partial charge in [0.2, 0.25) is 0 Å². The standard InChI is InChI=1S/C19H28O3/c1-3-4-5-10-19(20)22-18-9-7-6-8-17(18)15-11-13-16(21-2)14-12-15/h11-14,17-18H,3-10H2,1-2H3/t17-,18+/m1/s1. The molecule has 0 radical (unpaired) electrons. The lowest BCUT2D eigenvalue weighted by molar-refractivity contribution is -0.151. The maximum atomic E-state index is 12.0. The van der Waals surface area contributed by atoms with Gasteiger partial charge in [-0.25, -0.2) is 0 Å². The number of hydrogen-bond donors (Lipinski definition) is 0. The number of hydrogen-bond acceptors (Lipinski definition) is 3. The van der Waals surface area contributed by atoms with Crippen molar-refractivity contribution in [2.24, 2.45) is 0 Å². The van der Waals surface area contributed by atoms with Crippen LogP contribution in [0.4, 0.5) is 0 Å². The number of carbonyl (C=O) groups is 1. The molecule has 0 N–H and O–H groups in total. The number of carbonyl (C=O) groups excluding carboxylic acids is 1. The second-order valence-electron chi connectivity index (χ2n) is 6.15. The summed E-state index contributed by atoms with van der Waals surface area (Å²) in [4.78, 5) is 12.0. The Morgan fingerprint density at radius 1 is 1.14 bits per heavy atom. The van der Waals surface area contributed by atoms with E-state index in [9.17, 15) is 4.79 Å². The second-order valence-corrected chi connectivity index (χ2v) is 6.15. The number of unbranched alkanes of at least 4 members (excludes halogenated alkanes) is 2. The molecule has 1 fully saturated rings. The van der Waals surface area contributed by atoms with Crippen molar-refractivity contribution in [3.8, 4) is 5.75 Å². The van der Waals surface area contributed by atoms with E-state index in [0.29, 0.717) is 12.3 Å². The monoisotopic (exact) mass is 304 g/mol. The van der Waals surface area contributed by atoms with E-state index in [1.165, 1.54) is 12.0 Å². The Morgan fingerprint density at radius 3 is 2.55 bits per heavy atom. The van der Waals surface area contributed by atoms with Crippen molar-refractivity contribution in [1.29, 1.82) is 0 Å². The molecule has 0 aliphatic heterocycles. The summed E-state index contributed by atoms with van der Waals surface area (Å²) in [5.74, 6) is 1.17. The SMILES string of the molecule is CCCCCC(=O)O[C@H]1CCCC[C@@H]1c1ccc(OC)cc1. The van der Waals surface area contributed by atoms with Crippen molar-refractivity contribution in [2.45, 2.75) is 70.3 Å². The van der Waals surface area contributed by atoms with E-state index in [1.54, 1.807) is 7.11 Å². The van der Waals surface area contributed by atoms with Crippen LogP contribution in [0, 0.1) is 0 Å². The van der Waals surface area contributed by atoms with Crippen LogP contribution in [-0.2, 0) is 9.53 Å². The molecule has 122 valence electrons. The maximum absolute atomic E-state index is 12.0. The minimum absolute atomic E-state index is 0.0288.